The van der Waals surface area contributed by atoms with E-state index in [1.807, 2.05) is 0 Å². The fraction of sp³-hybridized carbons (Fsp3) is 0.667. The summed E-state index contributed by atoms with van der Waals surface area (Å²) in [6.45, 7) is 5.95. The molecule has 0 spiro atoms. The molecule has 106 valence electrons. The molecule has 1 aromatic rings. The Balaban J connectivity index is 1.79. The summed E-state index contributed by atoms with van der Waals surface area (Å²) in [5.74, 6) is 1.81. The van der Waals surface area contributed by atoms with Gasteiger partial charge >= 0.3 is 0 Å². The Morgan fingerprint density at radius 1 is 1.16 bits per heavy atom. The largest absolute Gasteiger partial charge is 0.313 e. The lowest BCUT2D eigenvalue weighted by Gasteiger charge is -2.30. The smallest absolute Gasteiger partial charge is 0.0105 e. The minimum atomic E-state index is 0.636. The van der Waals surface area contributed by atoms with E-state index in [9.17, 15) is 0 Å². The van der Waals surface area contributed by atoms with Crippen LogP contribution < -0.4 is 5.32 Å². The first-order valence-corrected chi connectivity index (χ1v) is 8.07. The van der Waals surface area contributed by atoms with E-state index in [2.05, 4.69) is 49.5 Å². The highest BCUT2D eigenvalue weighted by Gasteiger charge is 2.21. The molecule has 1 nitrogen and oxygen atoms in total. The van der Waals surface area contributed by atoms with Gasteiger partial charge in [0.25, 0.3) is 0 Å². The molecule has 0 radical (unpaired) electrons. The summed E-state index contributed by atoms with van der Waals surface area (Å²) >= 11 is 0. The molecule has 1 fully saturated rings. The van der Waals surface area contributed by atoms with Crippen LogP contribution in [-0.2, 0) is 6.42 Å². The summed E-state index contributed by atoms with van der Waals surface area (Å²) < 4.78 is 0. The topological polar surface area (TPSA) is 12.0 Å². The van der Waals surface area contributed by atoms with Crippen molar-refractivity contribution in [3.05, 3.63) is 35.9 Å². The average Bonchev–Trinajstić information content (AvgIpc) is 2.46. The molecule has 1 aromatic carbocycles. The van der Waals surface area contributed by atoms with Gasteiger partial charge in [-0.1, -0.05) is 63.4 Å². The summed E-state index contributed by atoms with van der Waals surface area (Å²) in [6, 6.07) is 11.5. The summed E-state index contributed by atoms with van der Waals surface area (Å²) in [5.41, 5.74) is 1.46. The van der Waals surface area contributed by atoms with Crippen molar-refractivity contribution in [1.82, 2.24) is 5.32 Å². The Hall–Kier alpha value is -0.820. The van der Waals surface area contributed by atoms with Gasteiger partial charge in [-0.25, -0.2) is 0 Å². The van der Waals surface area contributed by atoms with E-state index in [4.69, 9.17) is 0 Å². The van der Waals surface area contributed by atoms with Gasteiger partial charge in [0.15, 0.2) is 0 Å². The first-order chi connectivity index (χ1) is 9.29. The Morgan fingerprint density at radius 3 is 2.58 bits per heavy atom. The molecule has 0 aliphatic heterocycles. The minimum Gasteiger partial charge on any atom is -0.313 e. The lowest BCUT2D eigenvalue weighted by atomic mass is 9.80. The predicted molar refractivity (Wildman–Crippen MR) is 83.3 cm³/mol. The van der Waals surface area contributed by atoms with Crippen molar-refractivity contribution < 1.29 is 0 Å². The summed E-state index contributed by atoms with van der Waals surface area (Å²) in [6.07, 6.45) is 8.12. The molecule has 3 atom stereocenters. The SMILES string of the molecule is CCC(Cc1ccccc1)NCC1CCCCC1C. The molecule has 0 aromatic heterocycles. The van der Waals surface area contributed by atoms with Crippen LogP contribution in [0.5, 0.6) is 0 Å². The third-order valence-electron chi connectivity index (χ3n) is 4.78. The van der Waals surface area contributed by atoms with Crippen LogP contribution in [0.15, 0.2) is 30.3 Å². The third kappa shape index (κ3) is 4.65. The highest BCUT2D eigenvalue weighted by Crippen LogP contribution is 2.29. The lowest BCUT2D eigenvalue weighted by Crippen LogP contribution is -2.37. The molecule has 0 bridgehead atoms. The highest BCUT2D eigenvalue weighted by molar-refractivity contribution is 5.15. The van der Waals surface area contributed by atoms with Crippen LogP contribution in [0.4, 0.5) is 0 Å². The second-order valence-corrected chi connectivity index (χ2v) is 6.22. The molecule has 1 N–H and O–H groups in total. The number of benzene rings is 1. The Morgan fingerprint density at radius 2 is 1.89 bits per heavy atom. The number of nitrogens with one attached hydrogen (secondary N) is 1. The van der Waals surface area contributed by atoms with Gasteiger partial charge in [0.2, 0.25) is 0 Å². The first-order valence-electron chi connectivity index (χ1n) is 8.07. The van der Waals surface area contributed by atoms with Crippen LogP contribution in [0.2, 0.25) is 0 Å². The number of hydrogen-bond acceptors (Lipinski definition) is 1. The molecule has 1 heteroatoms. The van der Waals surface area contributed by atoms with E-state index in [1.54, 1.807) is 0 Å². The van der Waals surface area contributed by atoms with Crippen molar-refractivity contribution >= 4 is 0 Å². The van der Waals surface area contributed by atoms with Crippen molar-refractivity contribution in [2.75, 3.05) is 6.54 Å². The van der Waals surface area contributed by atoms with Crippen LogP contribution in [0.1, 0.15) is 51.5 Å². The van der Waals surface area contributed by atoms with E-state index in [0.29, 0.717) is 6.04 Å². The summed E-state index contributed by atoms with van der Waals surface area (Å²) in [7, 11) is 0. The van der Waals surface area contributed by atoms with Gasteiger partial charge in [-0.3, -0.25) is 0 Å². The second-order valence-electron chi connectivity index (χ2n) is 6.22. The monoisotopic (exact) mass is 259 g/mol. The third-order valence-corrected chi connectivity index (χ3v) is 4.78. The van der Waals surface area contributed by atoms with Crippen molar-refractivity contribution in [3.8, 4) is 0 Å². The van der Waals surface area contributed by atoms with Crippen LogP contribution in [0.3, 0.4) is 0 Å². The lowest BCUT2D eigenvalue weighted by molar-refractivity contribution is 0.239. The molecule has 0 heterocycles. The van der Waals surface area contributed by atoms with Crippen LogP contribution in [0.25, 0.3) is 0 Å². The van der Waals surface area contributed by atoms with Gasteiger partial charge in [0.1, 0.15) is 0 Å². The van der Waals surface area contributed by atoms with Crippen LogP contribution in [0, 0.1) is 11.8 Å². The van der Waals surface area contributed by atoms with Crippen molar-refractivity contribution in [2.45, 2.75) is 58.4 Å². The predicted octanol–water partition coefficient (Wildman–Crippen LogP) is 4.42. The minimum absolute atomic E-state index is 0.636. The molecule has 19 heavy (non-hydrogen) atoms. The van der Waals surface area contributed by atoms with Crippen LogP contribution >= 0.6 is 0 Å². The highest BCUT2D eigenvalue weighted by atomic mass is 14.9. The molecule has 1 aliphatic carbocycles. The quantitative estimate of drug-likeness (QED) is 0.797. The molecule has 1 aliphatic rings. The fourth-order valence-corrected chi connectivity index (χ4v) is 3.27. The fourth-order valence-electron chi connectivity index (χ4n) is 3.27. The van der Waals surface area contributed by atoms with E-state index < -0.39 is 0 Å². The van der Waals surface area contributed by atoms with Crippen molar-refractivity contribution in [2.24, 2.45) is 11.8 Å². The maximum absolute atomic E-state index is 3.82. The van der Waals surface area contributed by atoms with Crippen LogP contribution in [-0.4, -0.2) is 12.6 Å². The summed E-state index contributed by atoms with van der Waals surface area (Å²) in [4.78, 5) is 0. The number of hydrogen-bond donors (Lipinski definition) is 1. The normalized spacial score (nSPS) is 25.2. The first kappa shape index (κ1) is 14.6. The molecule has 3 unspecified atom stereocenters. The van der Waals surface area contributed by atoms with Crippen molar-refractivity contribution in [3.63, 3.8) is 0 Å². The number of rotatable bonds is 6. The zero-order valence-electron chi connectivity index (χ0n) is 12.6. The van der Waals surface area contributed by atoms with Gasteiger partial charge in [0.05, 0.1) is 0 Å². The van der Waals surface area contributed by atoms with Gasteiger partial charge in [-0.2, -0.15) is 0 Å². The maximum Gasteiger partial charge on any atom is 0.0105 e. The molecule has 0 saturated heterocycles. The second kappa shape index (κ2) is 7.69. The van der Waals surface area contributed by atoms with Gasteiger partial charge in [0, 0.05) is 6.04 Å². The molecule has 0 amide bonds. The van der Waals surface area contributed by atoms with Gasteiger partial charge in [-0.15, -0.1) is 0 Å². The molecule has 2 rings (SSSR count). The Kier molecular flexibility index (Phi) is 5.91. The Labute approximate surface area is 118 Å². The zero-order valence-corrected chi connectivity index (χ0v) is 12.6. The Bertz CT molecular complexity index is 346. The zero-order chi connectivity index (χ0) is 13.5. The average molecular weight is 259 g/mol. The maximum atomic E-state index is 3.82. The molecular formula is C18H29N. The van der Waals surface area contributed by atoms with E-state index >= 15 is 0 Å². The van der Waals surface area contributed by atoms with Gasteiger partial charge in [-0.05, 0) is 43.2 Å². The van der Waals surface area contributed by atoms with E-state index in [-0.39, 0.29) is 0 Å². The van der Waals surface area contributed by atoms with Crippen molar-refractivity contribution in [1.29, 1.82) is 0 Å². The summed E-state index contributed by atoms with van der Waals surface area (Å²) in [5, 5.41) is 3.82. The molecular weight excluding hydrogens is 230 g/mol. The van der Waals surface area contributed by atoms with Gasteiger partial charge < -0.3 is 5.32 Å². The standard InChI is InChI=1S/C18H29N/c1-3-18(13-16-10-5-4-6-11-16)19-14-17-12-8-7-9-15(17)2/h4-6,10-11,15,17-19H,3,7-9,12-14H2,1-2H3. The van der Waals surface area contributed by atoms with E-state index in [1.165, 1.54) is 50.6 Å². The molecule has 1 saturated carbocycles. The van der Waals surface area contributed by atoms with E-state index in [0.717, 1.165) is 11.8 Å².